The van der Waals surface area contributed by atoms with Gasteiger partial charge in [0, 0.05) is 14.2 Å². The predicted octanol–water partition coefficient (Wildman–Crippen LogP) is 6.01. The van der Waals surface area contributed by atoms with Gasteiger partial charge in [-0.15, -0.1) is 0 Å². The van der Waals surface area contributed by atoms with Crippen molar-refractivity contribution in [3.63, 3.8) is 0 Å². The van der Waals surface area contributed by atoms with E-state index in [2.05, 4.69) is 55.7 Å². The van der Waals surface area contributed by atoms with Crippen LogP contribution < -0.4 is 5.43 Å². The van der Waals surface area contributed by atoms with E-state index in [0.29, 0.717) is 26.3 Å². The zero-order valence-corrected chi connectivity index (χ0v) is 16.8. The Labute approximate surface area is 163 Å². The second kappa shape index (κ2) is 7.54. The van der Waals surface area contributed by atoms with E-state index in [1.807, 2.05) is 12.1 Å². The van der Waals surface area contributed by atoms with E-state index in [4.69, 9.17) is 34.8 Å². The van der Waals surface area contributed by atoms with Gasteiger partial charge in [0.15, 0.2) is 0 Å². The molecule has 3 nitrogen and oxygen atoms in total. The molecule has 0 saturated carbocycles. The molecule has 0 aromatic heterocycles. The van der Waals surface area contributed by atoms with Crippen LogP contribution >= 0.6 is 80.0 Å². The Kier molecular flexibility index (Phi) is 6.25. The van der Waals surface area contributed by atoms with Crippen LogP contribution in [0.4, 0.5) is 5.69 Å². The first-order chi connectivity index (χ1) is 9.88. The van der Waals surface area contributed by atoms with Gasteiger partial charge in [-0.25, -0.2) is 0 Å². The van der Waals surface area contributed by atoms with Crippen molar-refractivity contribution in [1.29, 1.82) is 0 Å². The van der Waals surface area contributed by atoms with Crippen LogP contribution in [-0.4, -0.2) is 11.3 Å². The Balaban J connectivity index is 2.25. The molecule has 0 spiro atoms. The van der Waals surface area contributed by atoms with E-state index < -0.39 is 0 Å². The Morgan fingerprint density at radius 2 is 1.67 bits per heavy atom. The largest absolute Gasteiger partial charge is 0.506 e. The zero-order valence-electron chi connectivity index (χ0n) is 10.2. The van der Waals surface area contributed by atoms with Crippen molar-refractivity contribution in [3.8, 4) is 5.75 Å². The highest BCUT2D eigenvalue weighted by molar-refractivity contribution is 14.1. The number of hydrazone groups is 1. The van der Waals surface area contributed by atoms with Gasteiger partial charge in [-0.2, -0.15) is 5.10 Å². The monoisotopic (exact) mass is 566 g/mol. The van der Waals surface area contributed by atoms with Crippen LogP contribution in [0.1, 0.15) is 5.56 Å². The summed E-state index contributed by atoms with van der Waals surface area (Å²) < 4.78 is 1.75. The summed E-state index contributed by atoms with van der Waals surface area (Å²) in [6.07, 6.45) is 1.50. The highest BCUT2D eigenvalue weighted by atomic mass is 127. The minimum atomic E-state index is 0.176. The lowest BCUT2D eigenvalue weighted by molar-refractivity contribution is 0.470. The highest BCUT2D eigenvalue weighted by Gasteiger charge is 2.08. The van der Waals surface area contributed by atoms with E-state index in [1.165, 1.54) is 6.21 Å². The molecule has 0 bridgehead atoms. The number of benzene rings is 2. The maximum Gasteiger partial charge on any atom is 0.137 e. The van der Waals surface area contributed by atoms with E-state index >= 15 is 0 Å². The topological polar surface area (TPSA) is 44.6 Å². The molecule has 2 aromatic carbocycles. The van der Waals surface area contributed by atoms with E-state index in [1.54, 1.807) is 12.1 Å². The van der Waals surface area contributed by atoms with Crippen molar-refractivity contribution in [2.75, 3.05) is 5.43 Å². The average Bonchev–Trinajstić information content (AvgIpc) is 2.37. The van der Waals surface area contributed by atoms with Gasteiger partial charge >= 0.3 is 0 Å². The molecular formula is C13H7Cl3I2N2O. The number of hydrogen-bond acceptors (Lipinski definition) is 3. The molecule has 2 N–H and O–H groups in total. The fourth-order valence-corrected chi connectivity index (χ4v) is 4.29. The lowest BCUT2D eigenvalue weighted by Gasteiger charge is -2.07. The standard InChI is InChI=1S/C13H7Cl3I2N2O/c14-7-2-9(15)12(10(16)3-7)20-19-5-6-1-8(17)4-11(18)13(6)21/h1-5,20-21H/b19-5+. The highest BCUT2D eigenvalue weighted by Crippen LogP contribution is 2.33. The summed E-state index contributed by atoms with van der Waals surface area (Å²) in [4.78, 5) is 0. The summed E-state index contributed by atoms with van der Waals surface area (Å²) in [7, 11) is 0. The fourth-order valence-electron chi connectivity index (χ4n) is 1.50. The van der Waals surface area contributed by atoms with Crippen LogP contribution in [0.15, 0.2) is 29.4 Å². The minimum absolute atomic E-state index is 0.176. The normalized spacial score (nSPS) is 11.1. The van der Waals surface area contributed by atoms with Crippen LogP contribution in [0, 0.1) is 7.14 Å². The molecule has 110 valence electrons. The van der Waals surface area contributed by atoms with Gasteiger partial charge in [-0.1, -0.05) is 34.8 Å². The van der Waals surface area contributed by atoms with E-state index in [0.717, 1.165) is 7.14 Å². The molecule has 0 aliphatic carbocycles. The van der Waals surface area contributed by atoms with Gasteiger partial charge < -0.3 is 5.11 Å². The number of aromatic hydroxyl groups is 1. The van der Waals surface area contributed by atoms with Gasteiger partial charge in [0.05, 0.1) is 25.5 Å². The van der Waals surface area contributed by atoms with Crippen molar-refractivity contribution in [1.82, 2.24) is 0 Å². The van der Waals surface area contributed by atoms with Crippen LogP contribution in [0.3, 0.4) is 0 Å². The third-order valence-electron chi connectivity index (χ3n) is 2.44. The molecule has 2 aromatic rings. The molecule has 2 rings (SSSR count). The number of halogens is 5. The summed E-state index contributed by atoms with van der Waals surface area (Å²) in [5.41, 5.74) is 3.81. The summed E-state index contributed by atoms with van der Waals surface area (Å²) in [5.74, 6) is 0.176. The van der Waals surface area contributed by atoms with Crippen LogP contribution in [0.2, 0.25) is 15.1 Å². The molecule has 0 unspecified atom stereocenters. The molecule has 0 fully saturated rings. The number of nitrogens with zero attached hydrogens (tertiary/aromatic N) is 1. The molecular weight excluding hydrogens is 560 g/mol. The SMILES string of the molecule is Oc1c(I)cc(I)cc1/C=N/Nc1c(Cl)cc(Cl)cc1Cl. The van der Waals surface area contributed by atoms with Gasteiger partial charge in [0.2, 0.25) is 0 Å². The summed E-state index contributed by atoms with van der Waals surface area (Å²) in [5, 5.41) is 15.2. The van der Waals surface area contributed by atoms with Gasteiger partial charge in [-0.05, 0) is 69.4 Å². The number of phenols is 1. The summed E-state index contributed by atoms with van der Waals surface area (Å²) in [6, 6.07) is 6.82. The van der Waals surface area contributed by atoms with Gasteiger partial charge in [0.1, 0.15) is 5.75 Å². The molecule has 0 radical (unpaired) electrons. The Bertz CT molecular complexity index is 700. The lowest BCUT2D eigenvalue weighted by Crippen LogP contribution is -1.94. The molecule has 0 aliphatic heterocycles. The van der Waals surface area contributed by atoms with Crippen molar-refractivity contribution in [3.05, 3.63) is 52.0 Å². The molecule has 0 amide bonds. The van der Waals surface area contributed by atoms with Crippen molar-refractivity contribution in [2.24, 2.45) is 5.10 Å². The van der Waals surface area contributed by atoms with E-state index in [-0.39, 0.29) is 5.75 Å². The molecule has 0 aliphatic rings. The zero-order chi connectivity index (χ0) is 15.6. The number of phenolic OH excluding ortho intramolecular Hbond substituents is 1. The number of anilines is 1. The second-order valence-corrected chi connectivity index (χ2v) is 7.60. The molecule has 0 atom stereocenters. The van der Waals surface area contributed by atoms with Crippen LogP contribution in [-0.2, 0) is 0 Å². The average molecular weight is 567 g/mol. The third-order valence-corrected chi connectivity index (χ3v) is 4.70. The maximum atomic E-state index is 9.97. The van der Waals surface area contributed by atoms with Crippen molar-refractivity contribution in [2.45, 2.75) is 0 Å². The van der Waals surface area contributed by atoms with Crippen LogP contribution in [0.5, 0.6) is 5.75 Å². The van der Waals surface area contributed by atoms with Crippen molar-refractivity contribution < 1.29 is 5.11 Å². The Hall–Kier alpha value is 0.0400. The number of rotatable bonds is 3. The predicted molar refractivity (Wildman–Crippen MR) is 106 cm³/mol. The summed E-state index contributed by atoms with van der Waals surface area (Å²) >= 11 is 22.2. The molecule has 8 heteroatoms. The number of hydrogen-bond donors (Lipinski definition) is 2. The Morgan fingerprint density at radius 1 is 1.05 bits per heavy atom. The molecule has 0 heterocycles. The van der Waals surface area contributed by atoms with Crippen molar-refractivity contribution >= 4 is 91.9 Å². The third kappa shape index (κ3) is 4.51. The van der Waals surface area contributed by atoms with E-state index in [9.17, 15) is 5.11 Å². The van der Waals surface area contributed by atoms with Crippen LogP contribution in [0.25, 0.3) is 0 Å². The quantitative estimate of drug-likeness (QED) is 0.271. The number of nitrogens with one attached hydrogen (secondary N) is 1. The molecule has 0 saturated heterocycles. The fraction of sp³-hybridized carbons (Fsp3) is 0. The smallest absolute Gasteiger partial charge is 0.137 e. The first kappa shape index (κ1) is 17.4. The summed E-state index contributed by atoms with van der Waals surface area (Å²) in [6.45, 7) is 0. The lowest BCUT2D eigenvalue weighted by atomic mass is 10.2. The Morgan fingerprint density at radius 3 is 2.29 bits per heavy atom. The van der Waals surface area contributed by atoms with Gasteiger partial charge in [-0.3, -0.25) is 5.43 Å². The maximum absolute atomic E-state index is 9.97. The minimum Gasteiger partial charge on any atom is -0.506 e. The van der Waals surface area contributed by atoms with Gasteiger partial charge in [0.25, 0.3) is 0 Å². The first-order valence-electron chi connectivity index (χ1n) is 5.50. The second-order valence-electron chi connectivity index (χ2n) is 3.94. The first-order valence-corrected chi connectivity index (χ1v) is 8.79. The molecule has 21 heavy (non-hydrogen) atoms.